The van der Waals surface area contributed by atoms with Crippen LogP contribution < -0.4 is 5.32 Å². The first-order valence-corrected chi connectivity index (χ1v) is 7.89. The van der Waals surface area contributed by atoms with Crippen LogP contribution in [0.5, 0.6) is 0 Å². The highest BCUT2D eigenvalue weighted by Gasteiger charge is 2.54. The predicted molar refractivity (Wildman–Crippen MR) is 76.0 cm³/mol. The third-order valence-corrected chi connectivity index (χ3v) is 6.56. The average molecular weight is 284 g/mol. The van der Waals surface area contributed by atoms with Gasteiger partial charge in [-0.25, -0.2) is 4.39 Å². The summed E-state index contributed by atoms with van der Waals surface area (Å²) in [6, 6.07) is 0.433. The quantitative estimate of drug-likeness (QED) is 0.847. The summed E-state index contributed by atoms with van der Waals surface area (Å²) in [4.78, 5) is 16.0. The highest BCUT2D eigenvalue weighted by atomic mass is 32.2. The molecule has 2 bridgehead atoms. The number of hydrogen-bond acceptors (Lipinski definition) is 3. The second-order valence-corrected chi connectivity index (χ2v) is 8.16. The van der Waals surface area contributed by atoms with E-state index in [1.165, 1.54) is 51.3 Å². The highest BCUT2D eigenvalue weighted by Crippen LogP contribution is 2.47. The van der Waals surface area contributed by atoms with Crippen LogP contribution in [0.2, 0.25) is 0 Å². The maximum absolute atomic E-state index is 14.2. The topological polar surface area (TPSA) is 41.5 Å². The fourth-order valence-corrected chi connectivity index (χ4v) is 4.58. The van der Waals surface area contributed by atoms with Gasteiger partial charge in [-0.2, -0.15) is 4.99 Å². The largest absolute Gasteiger partial charge is 0.361 e. The lowest BCUT2D eigenvalue weighted by molar-refractivity contribution is -0.122. The van der Waals surface area contributed by atoms with Crippen molar-refractivity contribution in [2.75, 3.05) is 0 Å². The number of amides is 1. The molecule has 1 amide bonds. The van der Waals surface area contributed by atoms with Crippen LogP contribution in [-0.4, -0.2) is 27.5 Å². The molecule has 19 heavy (non-hydrogen) atoms. The fourth-order valence-electron chi connectivity index (χ4n) is 3.48. The van der Waals surface area contributed by atoms with Gasteiger partial charge in [-0.15, -0.1) is 0 Å². The van der Waals surface area contributed by atoms with Crippen molar-refractivity contribution < 1.29 is 9.18 Å². The third-order valence-electron chi connectivity index (χ3n) is 5.09. The Morgan fingerprint density at radius 2 is 2.16 bits per heavy atom. The van der Waals surface area contributed by atoms with Gasteiger partial charge in [0.15, 0.2) is 5.17 Å². The molecule has 1 heterocycles. The van der Waals surface area contributed by atoms with Crippen molar-refractivity contribution in [3.05, 3.63) is 0 Å². The molecule has 2 aliphatic carbocycles. The smallest absolute Gasteiger partial charge is 0.267 e. The van der Waals surface area contributed by atoms with Crippen LogP contribution in [0.3, 0.4) is 0 Å². The van der Waals surface area contributed by atoms with E-state index >= 15 is 0 Å². The number of thioether (sulfide) groups is 1. The van der Waals surface area contributed by atoms with Crippen LogP contribution in [0, 0.1) is 11.8 Å². The van der Waals surface area contributed by atoms with E-state index in [9.17, 15) is 9.18 Å². The summed E-state index contributed by atoms with van der Waals surface area (Å²) in [6.07, 6.45) is 5.10. The average Bonchev–Trinajstić information content (AvgIpc) is 2.94. The number of hydrogen-bond donors (Lipinski definition) is 1. The first-order chi connectivity index (χ1) is 8.79. The number of amidine groups is 1. The number of aliphatic imine (C=N–C) groups is 1. The van der Waals surface area contributed by atoms with Gasteiger partial charge < -0.3 is 5.32 Å². The zero-order chi connectivity index (χ0) is 13.8. The second kappa shape index (κ2) is 4.21. The zero-order valence-electron chi connectivity index (χ0n) is 11.7. The molecule has 3 rings (SSSR count). The maximum atomic E-state index is 14.2. The lowest BCUT2D eigenvalue weighted by Crippen LogP contribution is -2.46. The molecule has 0 aromatic carbocycles. The Balaban J connectivity index is 1.68. The SMILES string of the molecule is CC(C)(F)[C@]1(C)SC(N[C@H]2C[C@H]3CC[C@H]2C3)=NC1=O. The van der Waals surface area contributed by atoms with Gasteiger partial charge in [-0.3, -0.25) is 4.79 Å². The number of nitrogens with zero attached hydrogens (tertiary/aromatic N) is 1. The van der Waals surface area contributed by atoms with Crippen molar-refractivity contribution in [1.82, 2.24) is 5.32 Å². The number of fused-ring (bicyclic) bond motifs is 2. The number of nitrogens with one attached hydrogen (secondary N) is 1. The van der Waals surface area contributed by atoms with Crippen LogP contribution in [-0.2, 0) is 4.79 Å². The van der Waals surface area contributed by atoms with Crippen LogP contribution in [0.15, 0.2) is 4.99 Å². The minimum Gasteiger partial charge on any atom is -0.361 e. The Kier molecular flexibility index (Phi) is 2.97. The molecule has 3 aliphatic rings. The van der Waals surface area contributed by atoms with E-state index in [-0.39, 0.29) is 5.91 Å². The number of rotatable bonds is 2. The van der Waals surface area contributed by atoms with Crippen molar-refractivity contribution >= 4 is 22.8 Å². The predicted octanol–water partition coefficient (Wildman–Crippen LogP) is 2.90. The molecule has 106 valence electrons. The van der Waals surface area contributed by atoms with Crippen LogP contribution in [0.1, 0.15) is 46.5 Å². The maximum Gasteiger partial charge on any atom is 0.267 e. The van der Waals surface area contributed by atoms with Crippen molar-refractivity contribution in [2.45, 2.75) is 62.9 Å². The van der Waals surface area contributed by atoms with Crippen LogP contribution >= 0.6 is 11.8 Å². The van der Waals surface area contributed by atoms with E-state index in [2.05, 4.69) is 10.3 Å². The first-order valence-electron chi connectivity index (χ1n) is 7.07. The molecule has 1 N–H and O–H groups in total. The molecular weight excluding hydrogens is 263 g/mol. The lowest BCUT2D eigenvalue weighted by Gasteiger charge is -2.31. The van der Waals surface area contributed by atoms with Crippen molar-refractivity contribution in [1.29, 1.82) is 0 Å². The summed E-state index contributed by atoms with van der Waals surface area (Å²) < 4.78 is 13.1. The third kappa shape index (κ3) is 2.10. The standard InChI is InChI=1S/C14H21FN2OS/c1-13(2,15)14(3)11(18)17-12(19-14)16-10-7-8-4-5-9(10)6-8/h8-10H,4-7H2,1-3H3,(H,16,17,18)/t8-,9-,10-,14+/m0/s1. The molecule has 0 radical (unpaired) electrons. The van der Waals surface area contributed by atoms with E-state index < -0.39 is 10.4 Å². The van der Waals surface area contributed by atoms with E-state index in [0.29, 0.717) is 17.1 Å². The van der Waals surface area contributed by atoms with Gasteiger partial charge in [0.25, 0.3) is 5.91 Å². The van der Waals surface area contributed by atoms with Gasteiger partial charge in [-0.05, 0) is 51.9 Å². The zero-order valence-corrected chi connectivity index (χ0v) is 12.5. The normalized spacial score (nSPS) is 41.8. The molecule has 3 nitrogen and oxygen atoms in total. The van der Waals surface area contributed by atoms with E-state index in [1.807, 2.05) is 0 Å². The minimum absolute atomic E-state index is 0.351. The molecule has 0 aromatic heterocycles. The lowest BCUT2D eigenvalue weighted by atomic mass is 9.93. The van der Waals surface area contributed by atoms with Crippen LogP contribution in [0.25, 0.3) is 0 Å². The molecule has 0 saturated heterocycles. The number of alkyl halides is 1. The molecule has 1 aliphatic heterocycles. The summed E-state index contributed by atoms with van der Waals surface area (Å²) in [6.45, 7) is 4.56. The van der Waals surface area contributed by atoms with Gasteiger partial charge in [-0.1, -0.05) is 18.2 Å². The van der Waals surface area contributed by atoms with Gasteiger partial charge in [0.1, 0.15) is 10.4 Å². The summed E-state index contributed by atoms with van der Waals surface area (Å²) in [7, 11) is 0. The molecule has 2 fully saturated rings. The Morgan fingerprint density at radius 3 is 2.63 bits per heavy atom. The molecule has 5 heteroatoms. The first kappa shape index (κ1) is 13.4. The number of carbonyl (C=O) groups excluding carboxylic acids is 1. The van der Waals surface area contributed by atoms with Crippen molar-refractivity contribution in [2.24, 2.45) is 16.8 Å². The van der Waals surface area contributed by atoms with Crippen molar-refractivity contribution in [3.63, 3.8) is 0 Å². The number of halogens is 1. The Labute approximate surface area is 117 Å². The summed E-state index contributed by atoms with van der Waals surface area (Å²) in [5, 5.41) is 4.01. The van der Waals surface area contributed by atoms with E-state index in [4.69, 9.17) is 0 Å². The van der Waals surface area contributed by atoms with Crippen LogP contribution in [0.4, 0.5) is 4.39 Å². The monoisotopic (exact) mass is 284 g/mol. The Morgan fingerprint density at radius 1 is 1.42 bits per heavy atom. The summed E-state index contributed by atoms with van der Waals surface area (Å²) in [5.74, 6) is 1.21. The summed E-state index contributed by atoms with van der Waals surface area (Å²) >= 11 is 1.26. The van der Waals surface area contributed by atoms with Gasteiger partial charge in [0.05, 0.1) is 0 Å². The fraction of sp³-hybridized carbons (Fsp3) is 0.857. The van der Waals surface area contributed by atoms with Crippen molar-refractivity contribution in [3.8, 4) is 0 Å². The minimum atomic E-state index is -1.57. The Bertz CT molecular complexity index is 445. The molecular formula is C14H21FN2OS. The second-order valence-electron chi connectivity index (χ2n) is 6.76. The van der Waals surface area contributed by atoms with Gasteiger partial charge >= 0.3 is 0 Å². The van der Waals surface area contributed by atoms with Gasteiger partial charge in [0.2, 0.25) is 0 Å². The van der Waals surface area contributed by atoms with Gasteiger partial charge in [0, 0.05) is 6.04 Å². The van der Waals surface area contributed by atoms with E-state index in [0.717, 1.165) is 5.92 Å². The molecule has 0 aromatic rings. The van der Waals surface area contributed by atoms with E-state index in [1.54, 1.807) is 6.92 Å². The highest BCUT2D eigenvalue weighted by molar-refractivity contribution is 8.16. The molecule has 2 saturated carbocycles. The molecule has 0 unspecified atom stereocenters. The Hall–Kier alpha value is -0.580. The number of carbonyl (C=O) groups is 1. The molecule has 0 spiro atoms. The molecule has 4 atom stereocenters. The summed E-state index contributed by atoms with van der Waals surface area (Å²) in [5.41, 5.74) is -1.57.